The van der Waals surface area contributed by atoms with E-state index in [-0.39, 0.29) is 16.7 Å². The Morgan fingerprint density at radius 3 is 2.40 bits per heavy atom. The molecule has 0 N–H and O–H groups in total. The van der Waals surface area contributed by atoms with Gasteiger partial charge in [0.2, 0.25) is 0 Å². The van der Waals surface area contributed by atoms with E-state index in [0.717, 1.165) is 29.2 Å². The predicted molar refractivity (Wildman–Crippen MR) is 97.8 cm³/mol. The second-order valence-electron chi connectivity index (χ2n) is 6.82. The minimum Gasteiger partial charge on any atom is -0.298 e. The Kier molecular flexibility index (Phi) is 3.58. The number of rotatable bonds is 3. The van der Waals surface area contributed by atoms with Crippen molar-refractivity contribution in [3.05, 3.63) is 65.4 Å². The Balaban J connectivity index is 2.08. The van der Waals surface area contributed by atoms with Crippen molar-refractivity contribution in [2.75, 3.05) is 0 Å². The summed E-state index contributed by atoms with van der Waals surface area (Å²) in [5.74, 6) is 0.462. The highest BCUT2D eigenvalue weighted by Crippen LogP contribution is 2.46. The molecule has 5 heteroatoms. The summed E-state index contributed by atoms with van der Waals surface area (Å²) in [6.45, 7) is 4.20. The van der Waals surface area contributed by atoms with E-state index in [1.54, 1.807) is 42.6 Å². The second-order valence-corrected chi connectivity index (χ2v) is 8.63. The average molecular weight is 353 g/mol. The number of benzene rings is 2. The van der Waals surface area contributed by atoms with Gasteiger partial charge in [0, 0.05) is 17.1 Å². The smallest absolute Gasteiger partial charge is 0.268 e. The van der Waals surface area contributed by atoms with Crippen LogP contribution in [0.15, 0.2) is 53.6 Å². The van der Waals surface area contributed by atoms with Crippen LogP contribution >= 0.6 is 0 Å². The molecule has 1 aliphatic rings. The van der Waals surface area contributed by atoms with E-state index >= 15 is 0 Å². The summed E-state index contributed by atoms with van der Waals surface area (Å²) in [7, 11) is -3.68. The second kappa shape index (κ2) is 5.56. The number of fused-ring (bicyclic) bond motifs is 3. The molecule has 2 atom stereocenters. The molecular formula is C20H19NO3S. The number of carbonyl (C=O) groups is 1. The molecule has 0 fully saturated rings. The molecule has 25 heavy (non-hydrogen) atoms. The van der Waals surface area contributed by atoms with Crippen LogP contribution in [0.2, 0.25) is 0 Å². The van der Waals surface area contributed by atoms with Crippen LogP contribution in [0, 0.1) is 0 Å². The first-order valence-corrected chi connectivity index (χ1v) is 9.82. The summed E-state index contributed by atoms with van der Waals surface area (Å²) in [5.41, 5.74) is 3.38. The molecule has 1 heterocycles. The zero-order valence-electron chi connectivity index (χ0n) is 14.1. The number of hydrogen-bond donors (Lipinski definition) is 0. The topological polar surface area (TPSA) is 56.1 Å². The number of nitrogens with zero attached hydrogens (tertiary/aromatic N) is 1. The van der Waals surface area contributed by atoms with Gasteiger partial charge in [-0.15, -0.1) is 0 Å². The number of carbonyl (C=O) groups excluding carboxylic acids is 1. The number of aromatic nitrogens is 1. The van der Waals surface area contributed by atoms with Crippen molar-refractivity contribution in [3.63, 3.8) is 0 Å². The summed E-state index contributed by atoms with van der Waals surface area (Å²) >= 11 is 0. The van der Waals surface area contributed by atoms with Gasteiger partial charge in [0.05, 0.1) is 10.4 Å². The predicted octanol–water partition coefficient (Wildman–Crippen LogP) is 4.30. The minimum atomic E-state index is -3.68. The van der Waals surface area contributed by atoms with Crippen LogP contribution in [0.4, 0.5) is 0 Å². The number of hydrogen-bond acceptors (Lipinski definition) is 3. The van der Waals surface area contributed by atoms with Crippen LogP contribution in [0.3, 0.4) is 0 Å². The lowest BCUT2D eigenvalue weighted by atomic mass is 9.95. The van der Waals surface area contributed by atoms with E-state index in [1.807, 2.05) is 6.07 Å². The molecule has 4 nitrogen and oxygen atoms in total. The van der Waals surface area contributed by atoms with E-state index in [9.17, 15) is 13.2 Å². The lowest BCUT2D eigenvalue weighted by molar-refractivity contribution is 0.112. The average Bonchev–Trinajstić information content (AvgIpc) is 3.16. The first-order chi connectivity index (χ1) is 11.9. The van der Waals surface area contributed by atoms with Crippen LogP contribution in [0.1, 0.15) is 53.6 Å². The number of aldehydes is 1. The molecule has 2 aromatic carbocycles. The SMILES string of the molecule is C[C@@H]1C[C@H](C)c2c1c(C=O)cc1ccn(S(=O)(=O)c3ccccc3)c21. The third-order valence-corrected chi connectivity index (χ3v) is 6.86. The van der Waals surface area contributed by atoms with Gasteiger partial charge in [-0.05, 0) is 53.6 Å². The van der Waals surface area contributed by atoms with Crippen molar-refractivity contribution in [2.24, 2.45) is 0 Å². The first-order valence-electron chi connectivity index (χ1n) is 8.38. The van der Waals surface area contributed by atoms with Crippen molar-refractivity contribution >= 4 is 27.2 Å². The van der Waals surface area contributed by atoms with Crippen molar-refractivity contribution < 1.29 is 13.2 Å². The molecule has 0 aliphatic heterocycles. The monoisotopic (exact) mass is 353 g/mol. The van der Waals surface area contributed by atoms with Crippen LogP contribution in [-0.4, -0.2) is 18.7 Å². The van der Waals surface area contributed by atoms with Crippen LogP contribution in [0.5, 0.6) is 0 Å². The summed E-state index contributed by atoms with van der Waals surface area (Å²) in [4.78, 5) is 11.8. The fourth-order valence-electron chi connectivity index (χ4n) is 4.17. The Bertz CT molecular complexity index is 1080. The first kappa shape index (κ1) is 16.1. The van der Waals surface area contributed by atoms with Crippen LogP contribution < -0.4 is 0 Å². The summed E-state index contributed by atoms with van der Waals surface area (Å²) < 4.78 is 27.7. The molecule has 0 amide bonds. The van der Waals surface area contributed by atoms with Gasteiger partial charge < -0.3 is 0 Å². The Hall–Kier alpha value is -2.40. The minimum absolute atomic E-state index is 0.215. The van der Waals surface area contributed by atoms with Crippen molar-refractivity contribution in [3.8, 4) is 0 Å². The van der Waals surface area contributed by atoms with Crippen LogP contribution in [-0.2, 0) is 10.0 Å². The van der Waals surface area contributed by atoms with Gasteiger partial charge in [-0.3, -0.25) is 4.79 Å². The quantitative estimate of drug-likeness (QED) is 0.660. The van der Waals surface area contributed by atoms with Gasteiger partial charge in [-0.2, -0.15) is 0 Å². The van der Waals surface area contributed by atoms with Gasteiger partial charge in [0.15, 0.2) is 0 Å². The van der Waals surface area contributed by atoms with Crippen molar-refractivity contribution in [1.29, 1.82) is 0 Å². The lowest BCUT2D eigenvalue weighted by Crippen LogP contribution is -2.13. The lowest BCUT2D eigenvalue weighted by Gasteiger charge is -2.14. The largest absolute Gasteiger partial charge is 0.298 e. The molecule has 0 bridgehead atoms. The van der Waals surface area contributed by atoms with Gasteiger partial charge in [-0.1, -0.05) is 32.0 Å². The van der Waals surface area contributed by atoms with Gasteiger partial charge in [0.1, 0.15) is 6.29 Å². The van der Waals surface area contributed by atoms with Crippen molar-refractivity contribution in [2.45, 2.75) is 37.0 Å². The molecule has 0 saturated carbocycles. The molecule has 1 aliphatic carbocycles. The maximum Gasteiger partial charge on any atom is 0.268 e. The van der Waals surface area contributed by atoms with E-state index in [0.29, 0.717) is 11.1 Å². The van der Waals surface area contributed by atoms with E-state index < -0.39 is 10.0 Å². The van der Waals surface area contributed by atoms with E-state index in [4.69, 9.17) is 0 Å². The summed E-state index contributed by atoms with van der Waals surface area (Å²) in [6.07, 6.45) is 3.40. The highest BCUT2D eigenvalue weighted by molar-refractivity contribution is 7.90. The zero-order valence-corrected chi connectivity index (χ0v) is 15.0. The zero-order chi connectivity index (χ0) is 17.8. The van der Waals surface area contributed by atoms with Gasteiger partial charge in [-0.25, -0.2) is 12.4 Å². The highest BCUT2D eigenvalue weighted by atomic mass is 32.2. The third kappa shape index (κ3) is 2.26. The molecule has 1 aromatic heterocycles. The highest BCUT2D eigenvalue weighted by Gasteiger charge is 2.32. The molecule has 128 valence electrons. The molecule has 0 saturated heterocycles. The summed E-state index contributed by atoms with van der Waals surface area (Å²) in [6, 6.07) is 12.0. The molecule has 0 spiro atoms. The third-order valence-electron chi connectivity index (χ3n) is 5.17. The van der Waals surface area contributed by atoms with Gasteiger partial charge >= 0.3 is 0 Å². The molecule has 0 unspecified atom stereocenters. The molecule has 0 radical (unpaired) electrons. The van der Waals surface area contributed by atoms with E-state index in [1.165, 1.54) is 3.97 Å². The maximum absolute atomic E-state index is 13.1. The molecule has 4 rings (SSSR count). The van der Waals surface area contributed by atoms with Crippen LogP contribution in [0.25, 0.3) is 10.9 Å². The molecular weight excluding hydrogens is 334 g/mol. The summed E-state index contributed by atoms with van der Waals surface area (Å²) in [5, 5.41) is 0.793. The van der Waals surface area contributed by atoms with E-state index in [2.05, 4.69) is 13.8 Å². The Morgan fingerprint density at radius 1 is 1.04 bits per heavy atom. The fourth-order valence-corrected chi connectivity index (χ4v) is 5.56. The Labute approximate surface area is 147 Å². The normalized spacial score (nSPS) is 19.9. The fraction of sp³-hybridized carbons (Fsp3) is 0.250. The molecule has 3 aromatic rings. The van der Waals surface area contributed by atoms with Gasteiger partial charge in [0.25, 0.3) is 10.0 Å². The Morgan fingerprint density at radius 2 is 1.72 bits per heavy atom. The maximum atomic E-state index is 13.1. The van der Waals surface area contributed by atoms with Crippen molar-refractivity contribution in [1.82, 2.24) is 3.97 Å². The standard InChI is InChI=1S/C20H19NO3S/c1-13-10-14(2)19-18(13)16(12-22)11-15-8-9-21(20(15)19)25(23,24)17-6-4-3-5-7-17/h3-9,11-14H,10H2,1-2H3/t13-,14+/m1/s1.